The molecule has 6 nitrogen and oxygen atoms in total. The number of hydrogen-bond acceptors (Lipinski definition) is 4. The molecular weight excluding hydrogens is 236 g/mol. The lowest BCUT2D eigenvalue weighted by Crippen LogP contribution is -2.31. The van der Waals surface area contributed by atoms with Crippen molar-refractivity contribution in [1.29, 1.82) is 0 Å². The van der Waals surface area contributed by atoms with Gasteiger partial charge in [0.2, 0.25) is 0 Å². The molecule has 18 heavy (non-hydrogen) atoms. The van der Waals surface area contributed by atoms with Crippen molar-refractivity contribution in [1.82, 2.24) is 5.32 Å². The summed E-state index contributed by atoms with van der Waals surface area (Å²) in [6, 6.07) is 4.82. The van der Waals surface area contributed by atoms with E-state index in [1.54, 1.807) is 6.07 Å². The van der Waals surface area contributed by atoms with Gasteiger partial charge in [0, 0.05) is 6.07 Å². The zero-order valence-corrected chi connectivity index (χ0v) is 10.3. The highest BCUT2D eigenvalue weighted by Gasteiger charge is 2.26. The summed E-state index contributed by atoms with van der Waals surface area (Å²) in [4.78, 5) is 21.5. The largest absolute Gasteiger partial charge is 0.480 e. The molecule has 0 heterocycles. The number of aliphatic carboxylic acids is 1. The molecule has 1 atom stereocenters. The van der Waals surface area contributed by atoms with Crippen molar-refractivity contribution < 1.29 is 14.8 Å². The van der Waals surface area contributed by atoms with E-state index in [1.807, 2.05) is 13.8 Å². The molecule has 0 saturated heterocycles. The summed E-state index contributed by atoms with van der Waals surface area (Å²) in [6.45, 7) is 4.35. The van der Waals surface area contributed by atoms with Crippen LogP contribution in [0.4, 0.5) is 5.69 Å². The molecule has 1 unspecified atom stereocenters. The van der Waals surface area contributed by atoms with E-state index in [0.717, 1.165) is 0 Å². The Bertz CT molecular complexity index is 445. The van der Waals surface area contributed by atoms with Gasteiger partial charge in [-0.15, -0.1) is 0 Å². The average Bonchev–Trinajstić information content (AvgIpc) is 2.28. The third-order valence-electron chi connectivity index (χ3n) is 2.42. The van der Waals surface area contributed by atoms with Crippen LogP contribution in [0.5, 0.6) is 0 Å². The fourth-order valence-corrected chi connectivity index (χ4v) is 1.58. The van der Waals surface area contributed by atoms with E-state index < -0.39 is 16.9 Å². The van der Waals surface area contributed by atoms with Crippen molar-refractivity contribution in [3.8, 4) is 0 Å². The Balaban J connectivity index is 3.06. The first kappa shape index (κ1) is 14.1. The third-order valence-corrected chi connectivity index (χ3v) is 2.42. The first-order valence-electron chi connectivity index (χ1n) is 5.63. The molecule has 0 bridgehead atoms. The summed E-state index contributed by atoms with van der Waals surface area (Å²) in [6.07, 6.45) is 0. The van der Waals surface area contributed by atoms with Crippen LogP contribution in [0.1, 0.15) is 25.5 Å². The van der Waals surface area contributed by atoms with Gasteiger partial charge in [0.25, 0.3) is 5.69 Å². The first-order chi connectivity index (χ1) is 8.43. The van der Waals surface area contributed by atoms with Gasteiger partial charge < -0.3 is 10.4 Å². The van der Waals surface area contributed by atoms with Gasteiger partial charge in [-0.05, 0) is 18.5 Å². The lowest BCUT2D eigenvalue weighted by molar-refractivity contribution is -0.385. The van der Waals surface area contributed by atoms with Crippen LogP contribution in [-0.2, 0) is 4.79 Å². The number of carbonyl (C=O) groups is 1. The number of nitrogens with one attached hydrogen (secondary N) is 1. The van der Waals surface area contributed by atoms with Crippen LogP contribution < -0.4 is 5.32 Å². The lowest BCUT2D eigenvalue weighted by Gasteiger charge is -2.16. The number of para-hydroxylation sites is 1. The summed E-state index contributed by atoms with van der Waals surface area (Å²) in [5.74, 6) is -0.862. The smallest absolute Gasteiger partial charge is 0.325 e. The summed E-state index contributed by atoms with van der Waals surface area (Å²) in [5, 5.41) is 22.9. The molecule has 0 aliphatic carbocycles. The number of hydrogen-bond donors (Lipinski definition) is 2. The van der Waals surface area contributed by atoms with Gasteiger partial charge in [-0.25, -0.2) is 0 Å². The van der Waals surface area contributed by atoms with Gasteiger partial charge in [0.05, 0.1) is 10.5 Å². The number of nitro groups is 1. The minimum absolute atomic E-state index is 0.177. The van der Waals surface area contributed by atoms with Gasteiger partial charge in [-0.1, -0.05) is 26.0 Å². The Kier molecular flexibility index (Phi) is 4.79. The van der Waals surface area contributed by atoms with Gasteiger partial charge in [0.1, 0.15) is 6.04 Å². The van der Waals surface area contributed by atoms with Gasteiger partial charge in [0.15, 0.2) is 0 Å². The maximum atomic E-state index is 11.2. The molecule has 0 amide bonds. The normalized spacial score (nSPS) is 12.4. The predicted octanol–water partition coefficient (Wildman–Crippen LogP) is 1.97. The first-order valence-corrected chi connectivity index (χ1v) is 5.63. The van der Waals surface area contributed by atoms with E-state index in [1.165, 1.54) is 18.2 Å². The molecule has 0 fully saturated rings. The van der Waals surface area contributed by atoms with Crippen LogP contribution in [0, 0.1) is 16.0 Å². The van der Waals surface area contributed by atoms with Gasteiger partial charge in [-0.2, -0.15) is 0 Å². The van der Waals surface area contributed by atoms with Crippen molar-refractivity contribution >= 4 is 11.7 Å². The van der Waals surface area contributed by atoms with Crippen molar-refractivity contribution in [3.05, 3.63) is 39.9 Å². The second-order valence-electron chi connectivity index (χ2n) is 4.39. The molecule has 2 N–H and O–H groups in total. The highest BCUT2D eigenvalue weighted by Crippen LogP contribution is 2.25. The molecule has 0 aliphatic rings. The summed E-state index contributed by atoms with van der Waals surface area (Å²) in [5.41, 5.74) is -0.00296. The average molecular weight is 252 g/mol. The molecular formula is C12H16N2O4. The lowest BCUT2D eigenvalue weighted by atomic mass is 10.0. The van der Waals surface area contributed by atoms with E-state index >= 15 is 0 Å². The molecule has 6 heteroatoms. The Labute approximate surface area is 105 Å². The highest BCUT2D eigenvalue weighted by atomic mass is 16.6. The molecule has 1 aromatic rings. The van der Waals surface area contributed by atoms with Gasteiger partial charge >= 0.3 is 5.97 Å². The summed E-state index contributed by atoms with van der Waals surface area (Å²) < 4.78 is 0. The number of carboxylic acids is 1. The van der Waals surface area contributed by atoms with E-state index in [4.69, 9.17) is 5.11 Å². The number of carboxylic acid groups (broad SMARTS) is 1. The zero-order chi connectivity index (χ0) is 13.7. The van der Waals surface area contributed by atoms with Crippen molar-refractivity contribution in [2.24, 2.45) is 5.92 Å². The summed E-state index contributed by atoms with van der Waals surface area (Å²) in [7, 11) is 0. The highest BCUT2D eigenvalue weighted by molar-refractivity contribution is 5.77. The maximum Gasteiger partial charge on any atom is 0.325 e. The van der Waals surface area contributed by atoms with Crippen LogP contribution in [0.25, 0.3) is 0 Å². The Morgan fingerprint density at radius 1 is 1.44 bits per heavy atom. The van der Waals surface area contributed by atoms with Crippen LogP contribution in [0.15, 0.2) is 24.3 Å². The minimum atomic E-state index is -1.12. The molecule has 98 valence electrons. The van der Waals surface area contributed by atoms with Crippen molar-refractivity contribution in [2.75, 3.05) is 6.54 Å². The third kappa shape index (κ3) is 3.53. The van der Waals surface area contributed by atoms with Crippen molar-refractivity contribution in [2.45, 2.75) is 19.9 Å². The SMILES string of the molecule is CC(C)CNC(C(=O)O)c1ccccc1[N+](=O)[O-]. The van der Waals surface area contributed by atoms with Gasteiger partial charge in [-0.3, -0.25) is 14.9 Å². The van der Waals surface area contributed by atoms with E-state index in [2.05, 4.69) is 5.32 Å². The minimum Gasteiger partial charge on any atom is -0.480 e. The Hall–Kier alpha value is -1.95. The quantitative estimate of drug-likeness (QED) is 0.596. The zero-order valence-electron chi connectivity index (χ0n) is 10.3. The van der Waals surface area contributed by atoms with Crippen LogP contribution >= 0.6 is 0 Å². The fourth-order valence-electron chi connectivity index (χ4n) is 1.58. The maximum absolute atomic E-state index is 11.2. The van der Waals surface area contributed by atoms with Crippen molar-refractivity contribution in [3.63, 3.8) is 0 Å². The molecule has 1 aromatic carbocycles. The van der Waals surface area contributed by atoms with E-state index in [9.17, 15) is 14.9 Å². The number of rotatable bonds is 6. The fraction of sp³-hybridized carbons (Fsp3) is 0.417. The van der Waals surface area contributed by atoms with Crippen LogP contribution in [0.2, 0.25) is 0 Å². The van der Waals surface area contributed by atoms with Crippen LogP contribution in [0.3, 0.4) is 0 Å². The molecule has 1 rings (SSSR count). The molecule has 0 radical (unpaired) electrons. The van der Waals surface area contributed by atoms with E-state index in [0.29, 0.717) is 6.54 Å². The van der Waals surface area contributed by atoms with E-state index in [-0.39, 0.29) is 17.2 Å². The molecule has 0 saturated carbocycles. The number of nitrogens with zero attached hydrogens (tertiary/aromatic N) is 1. The molecule has 0 aliphatic heterocycles. The Morgan fingerprint density at radius 2 is 2.06 bits per heavy atom. The number of benzene rings is 1. The second-order valence-corrected chi connectivity index (χ2v) is 4.39. The topological polar surface area (TPSA) is 92.5 Å². The van der Waals surface area contributed by atoms with Crippen LogP contribution in [-0.4, -0.2) is 22.5 Å². The predicted molar refractivity (Wildman–Crippen MR) is 66.3 cm³/mol. The standard InChI is InChI=1S/C12H16N2O4/c1-8(2)7-13-11(12(15)16)9-5-3-4-6-10(9)14(17)18/h3-6,8,11,13H,7H2,1-2H3,(H,15,16). The number of nitro benzene ring substituents is 1. The Morgan fingerprint density at radius 3 is 2.56 bits per heavy atom. The molecule has 0 aromatic heterocycles. The second kappa shape index (κ2) is 6.11. The monoisotopic (exact) mass is 252 g/mol. The molecule has 0 spiro atoms. The summed E-state index contributed by atoms with van der Waals surface area (Å²) >= 11 is 0.